The SMILES string of the molecule is C=C(Cc1nc(C2(c3ccc(C(F)(F)F)cc3)CC2)co1)C(=O)OC(C)(C)C.CC. The van der Waals surface area contributed by atoms with E-state index in [0.29, 0.717) is 11.6 Å². The number of rotatable bonds is 5. The molecule has 1 aromatic heterocycles. The summed E-state index contributed by atoms with van der Waals surface area (Å²) in [7, 11) is 0. The Labute approximate surface area is 175 Å². The Morgan fingerprint density at radius 3 is 2.20 bits per heavy atom. The second-order valence-electron chi connectivity index (χ2n) is 8.07. The summed E-state index contributed by atoms with van der Waals surface area (Å²) in [6.07, 6.45) is -1.20. The Kier molecular flexibility index (Phi) is 6.84. The van der Waals surface area contributed by atoms with Crippen LogP contribution in [0.4, 0.5) is 13.2 Å². The molecule has 1 heterocycles. The number of hydrogen-bond acceptors (Lipinski definition) is 4. The van der Waals surface area contributed by atoms with Crippen LogP contribution in [0.15, 0.2) is 47.1 Å². The lowest BCUT2D eigenvalue weighted by molar-refractivity contribution is -0.150. The summed E-state index contributed by atoms with van der Waals surface area (Å²) in [5.41, 5.74) is -0.0866. The third-order valence-corrected chi connectivity index (χ3v) is 4.61. The molecular formula is C23H28F3NO3. The van der Waals surface area contributed by atoms with Crippen LogP contribution in [-0.2, 0) is 27.5 Å². The van der Waals surface area contributed by atoms with Crippen LogP contribution in [0.2, 0.25) is 0 Å². The highest BCUT2D eigenvalue weighted by atomic mass is 19.4. The maximum atomic E-state index is 12.8. The standard InChI is InChI=1S/C21H22F3NO3.C2H6/c1-13(18(26)28-19(2,3)4)11-17-25-16(12-27-17)20(9-10-20)14-5-7-15(8-6-14)21(22,23)24;1-2/h5-8,12H,1,9-11H2,2-4H3;1-2H3. The number of alkyl halides is 3. The fraction of sp³-hybridized carbons (Fsp3) is 0.478. The average molecular weight is 423 g/mol. The van der Waals surface area contributed by atoms with E-state index in [1.807, 2.05) is 13.8 Å². The molecule has 164 valence electrons. The summed E-state index contributed by atoms with van der Waals surface area (Å²) >= 11 is 0. The molecule has 0 radical (unpaired) electrons. The van der Waals surface area contributed by atoms with Crippen molar-refractivity contribution in [2.45, 2.75) is 71.1 Å². The van der Waals surface area contributed by atoms with E-state index in [-0.39, 0.29) is 12.0 Å². The first-order valence-electron chi connectivity index (χ1n) is 9.94. The second-order valence-corrected chi connectivity index (χ2v) is 8.07. The number of ether oxygens (including phenoxy) is 1. The lowest BCUT2D eigenvalue weighted by atomic mass is 9.92. The second kappa shape index (κ2) is 8.66. The number of benzene rings is 1. The van der Waals surface area contributed by atoms with Gasteiger partial charge in [0, 0.05) is 11.0 Å². The van der Waals surface area contributed by atoms with Crippen molar-refractivity contribution < 1.29 is 27.1 Å². The van der Waals surface area contributed by atoms with Gasteiger partial charge in [-0.1, -0.05) is 32.6 Å². The van der Waals surface area contributed by atoms with Crippen molar-refractivity contribution in [3.8, 4) is 0 Å². The Hall–Kier alpha value is -2.57. The zero-order valence-corrected chi connectivity index (χ0v) is 18.0. The molecule has 4 nitrogen and oxygen atoms in total. The first-order valence-corrected chi connectivity index (χ1v) is 9.94. The third kappa shape index (κ3) is 5.52. The Morgan fingerprint density at radius 1 is 1.17 bits per heavy atom. The van der Waals surface area contributed by atoms with Crippen molar-refractivity contribution in [3.05, 3.63) is 65.4 Å². The lowest BCUT2D eigenvalue weighted by Crippen LogP contribution is -2.25. The van der Waals surface area contributed by atoms with Gasteiger partial charge in [0.25, 0.3) is 0 Å². The largest absolute Gasteiger partial charge is 0.457 e. The minimum Gasteiger partial charge on any atom is -0.457 e. The van der Waals surface area contributed by atoms with Crippen LogP contribution in [0.5, 0.6) is 0 Å². The molecule has 0 unspecified atom stereocenters. The fourth-order valence-corrected chi connectivity index (χ4v) is 3.01. The molecule has 1 aliphatic carbocycles. The summed E-state index contributed by atoms with van der Waals surface area (Å²) in [5.74, 6) is -0.194. The Bertz CT molecular complexity index is 886. The molecule has 1 aromatic carbocycles. The van der Waals surface area contributed by atoms with Gasteiger partial charge in [0.15, 0.2) is 5.89 Å². The third-order valence-electron chi connectivity index (χ3n) is 4.61. The van der Waals surface area contributed by atoms with Crippen molar-refractivity contribution in [3.63, 3.8) is 0 Å². The van der Waals surface area contributed by atoms with E-state index >= 15 is 0 Å². The molecular weight excluding hydrogens is 395 g/mol. The summed E-state index contributed by atoms with van der Waals surface area (Å²) < 4.78 is 49.1. The predicted octanol–water partition coefficient (Wildman–Crippen LogP) is 6.24. The van der Waals surface area contributed by atoms with Gasteiger partial charge in [0.1, 0.15) is 11.9 Å². The average Bonchev–Trinajstić information content (AvgIpc) is 3.34. The normalized spacial score (nSPS) is 15.1. The van der Waals surface area contributed by atoms with Crippen LogP contribution in [0.1, 0.15) is 70.2 Å². The van der Waals surface area contributed by atoms with Crippen LogP contribution in [0.3, 0.4) is 0 Å². The number of carbonyl (C=O) groups is 1. The summed E-state index contributed by atoms with van der Waals surface area (Å²) in [6, 6.07) is 5.15. The van der Waals surface area contributed by atoms with E-state index in [0.717, 1.165) is 30.5 Å². The van der Waals surface area contributed by atoms with Crippen molar-refractivity contribution in [1.82, 2.24) is 4.98 Å². The lowest BCUT2D eigenvalue weighted by Gasteiger charge is -2.19. The monoisotopic (exact) mass is 423 g/mol. The Balaban J connectivity index is 0.00000155. The minimum atomic E-state index is -4.36. The van der Waals surface area contributed by atoms with Crippen LogP contribution in [0, 0.1) is 0 Å². The van der Waals surface area contributed by atoms with E-state index in [1.165, 1.54) is 18.4 Å². The van der Waals surface area contributed by atoms with E-state index in [9.17, 15) is 18.0 Å². The molecule has 0 amide bonds. The van der Waals surface area contributed by atoms with Gasteiger partial charge in [-0.2, -0.15) is 13.2 Å². The van der Waals surface area contributed by atoms with E-state index in [4.69, 9.17) is 9.15 Å². The first kappa shape index (κ1) is 23.7. The molecule has 0 atom stereocenters. The maximum Gasteiger partial charge on any atom is 0.416 e. The number of aromatic nitrogens is 1. The number of carbonyl (C=O) groups excluding carboxylic acids is 1. The highest BCUT2D eigenvalue weighted by molar-refractivity contribution is 5.88. The van der Waals surface area contributed by atoms with Gasteiger partial charge in [-0.3, -0.25) is 0 Å². The molecule has 7 heteroatoms. The van der Waals surface area contributed by atoms with Crippen molar-refractivity contribution in [1.29, 1.82) is 0 Å². The van der Waals surface area contributed by atoms with Crippen LogP contribution >= 0.6 is 0 Å². The summed E-state index contributed by atoms with van der Waals surface area (Å²) in [5, 5.41) is 0. The molecule has 2 aromatic rings. The molecule has 0 N–H and O–H groups in total. The smallest absolute Gasteiger partial charge is 0.416 e. The van der Waals surface area contributed by atoms with E-state index in [2.05, 4.69) is 11.6 Å². The van der Waals surface area contributed by atoms with Crippen molar-refractivity contribution >= 4 is 5.97 Å². The molecule has 30 heavy (non-hydrogen) atoms. The van der Waals surface area contributed by atoms with Gasteiger partial charge in [0.2, 0.25) is 0 Å². The van der Waals surface area contributed by atoms with Crippen LogP contribution in [-0.4, -0.2) is 16.6 Å². The molecule has 3 rings (SSSR count). The van der Waals surface area contributed by atoms with Gasteiger partial charge >= 0.3 is 12.1 Å². The first-order chi connectivity index (χ1) is 13.9. The zero-order chi connectivity index (χ0) is 22.7. The number of esters is 1. The fourth-order valence-electron chi connectivity index (χ4n) is 3.01. The number of oxazole rings is 1. The van der Waals surface area contributed by atoms with Gasteiger partial charge < -0.3 is 9.15 Å². The Morgan fingerprint density at radius 2 is 1.73 bits per heavy atom. The van der Waals surface area contributed by atoms with E-state index in [1.54, 1.807) is 20.8 Å². The molecule has 0 saturated heterocycles. The molecule has 0 spiro atoms. The quantitative estimate of drug-likeness (QED) is 0.422. The van der Waals surface area contributed by atoms with Gasteiger partial charge in [-0.05, 0) is 51.3 Å². The van der Waals surface area contributed by atoms with Crippen molar-refractivity contribution in [2.75, 3.05) is 0 Å². The molecule has 0 bridgehead atoms. The van der Waals surface area contributed by atoms with Gasteiger partial charge in [0.05, 0.1) is 17.7 Å². The molecule has 1 saturated carbocycles. The van der Waals surface area contributed by atoms with Crippen LogP contribution in [0.25, 0.3) is 0 Å². The predicted molar refractivity (Wildman–Crippen MR) is 108 cm³/mol. The van der Waals surface area contributed by atoms with Gasteiger partial charge in [-0.25, -0.2) is 9.78 Å². The highest BCUT2D eigenvalue weighted by Gasteiger charge is 2.48. The highest BCUT2D eigenvalue weighted by Crippen LogP contribution is 2.53. The van der Waals surface area contributed by atoms with E-state index < -0.39 is 28.7 Å². The van der Waals surface area contributed by atoms with Crippen molar-refractivity contribution in [2.24, 2.45) is 0 Å². The molecule has 1 aliphatic rings. The molecule has 1 fully saturated rings. The van der Waals surface area contributed by atoms with Crippen LogP contribution < -0.4 is 0 Å². The topological polar surface area (TPSA) is 52.3 Å². The summed E-state index contributed by atoms with van der Waals surface area (Å²) in [6.45, 7) is 13.0. The van der Waals surface area contributed by atoms with Gasteiger partial charge in [-0.15, -0.1) is 0 Å². The number of halogens is 3. The maximum absolute atomic E-state index is 12.8. The summed E-state index contributed by atoms with van der Waals surface area (Å²) in [4.78, 5) is 16.5. The minimum absolute atomic E-state index is 0.109. The molecule has 0 aliphatic heterocycles. The number of hydrogen-bond donors (Lipinski definition) is 0. The zero-order valence-electron chi connectivity index (χ0n) is 18.0. The number of nitrogens with zero attached hydrogens (tertiary/aromatic N) is 1.